The van der Waals surface area contributed by atoms with Crippen molar-refractivity contribution < 1.29 is 19.1 Å². The first-order chi connectivity index (χ1) is 17.7. The zero-order chi connectivity index (χ0) is 26.7. The van der Waals surface area contributed by atoms with Gasteiger partial charge in [0.25, 0.3) is 11.8 Å². The number of hydrazine groups is 1. The summed E-state index contributed by atoms with van der Waals surface area (Å²) in [5.74, 6) is -0.881. The van der Waals surface area contributed by atoms with Crippen LogP contribution in [0.5, 0.6) is 5.75 Å². The number of hydrogen-bond acceptors (Lipinski definition) is 5. The van der Waals surface area contributed by atoms with Crippen LogP contribution in [-0.2, 0) is 9.59 Å². The Morgan fingerprint density at radius 3 is 2.24 bits per heavy atom. The average Bonchev–Trinajstić information content (AvgIpc) is 3.07. The van der Waals surface area contributed by atoms with E-state index >= 15 is 0 Å². The van der Waals surface area contributed by atoms with Gasteiger partial charge in [0.2, 0.25) is 11.0 Å². The lowest BCUT2D eigenvalue weighted by Crippen LogP contribution is -2.49. The van der Waals surface area contributed by atoms with E-state index in [4.69, 9.17) is 40.2 Å². The third-order valence-corrected chi connectivity index (χ3v) is 6.74. The molecule has 2 N–H and O–H groups in total. The van der Waals surface area contributed by atoms with E-state index in [0.29, 0.717) is 32.7 Å². The molecule has 4 rings (SSSR count). The number of thiocarbonyl (C=S) groups is 1. The largest absolute Gasteiger partial charge is 0.497 e. The van der Waals surface area contributed by atoms with Gasteiger partial charge >= 0.3 is 0 Å². The summed E-state index contributed by atoms with van der Waals surface area (Å²) in [5.41, 5.74) is 3.86. The maximum absolute atomic E-state index is 13.5. The van der Waals surface area contributed by atoms with Crippen molar-refractivity contribution in [3.63, 3.8) is 0 Å². The Bertz CT molecular complexity index is 1350. The minimum atomic E-state index is -1.11. The molecule has 3 amide bonds. The summed E-state index contributed by atoms with van der Waals surface area (Å²) in [7, 11) is 1.53. The third-order valence-electron chi connectivity index (χ3n) is 5.40. The van der Waals surface area contributed by atoms with Crippen LogP contribution in [0, 0.1) is 0 Å². The van der Waals surface area contributed by atoms with Gasteiger partial charge in [-0.3, -0.25) is 24.7 Å². The second-order valence-electron chi connectivity index (χ2n) is 7.90. The first-order valence-electron chi connectivity index (χ1n) is 10.8. The summed E-state index contributed by atoms with van der Waals surface area (Å²) >= 11 is 21.0. The van der Waals surface area contributed by atoms with Gasteiger partial charge in [0, 0.05) is 25.8 Å². The van der Waals surface area contributed by atoms with Crippen molar-refractivity contribution in [2.75, 3.05) is 17.3 Å². The molecule has 1 saturated heterocycles. The standard InChI is InChI=1S/C25H19BrCl2N4O4S/c1-36-20-8-6-19(7-9-20)31-24(35)21(13-22(33)29-18-11-16(27)10-17(28)12-18)32(25(31)37)30-23(34)14-2-4-15(26)5-3-14/h2-12,21H,13H2,1H3,(H,29,33)(H,30,34). The summed E-state index contributed by atoms with van der Waals surface area (Å²) in [5, 5.41) is 4.62. The van der Waals surface area contributed by atoms with Gasteiger partial charge in [-0.25, -0.2) is 5.01 Å². The van der Waals surface area contributed by atoms with Gasteiger partial charge in [-0.2, -0.15) is 0 Å². The second-order valence-corrected chi connectivity index (χ2v) is 10.1. The molecular formula is C25H19BrCl2N4O4S. The van der Waals surface area contributed by atoms with Crippen molar-refractivity contribution in [3.8, 4) is 5.75 Å². The van der Waals surface area contributed by atoms with E-state index in [1.165, 1.54) is 35.2 Å². The van der Waals surface area contributed by atoms with Crippen molar-refractivity contribution in [3.05, 3.63) is 86.8 Å². The molecule has 190 valence electrons. The fourth-order valence-electron chi connectivity index (χ4n) is 3.66. The minimum absolute atomic E-state index is 0.0178. The molecule has 0 radical (unpaired) electrons. The number of nitrogens with zero attached hydrogens (tertiary/aromatic N) is 2. The van der Waals surface area contributed by atoms with Crippen molar-refractivity contribution in [1.82, 2.24) is 10.4 Å². The topological polar surface area (TPSA) is 91.0 Å². The first kappa shape index (κ1) is 26.9. The van der Waals surface area contributed by atoms with Gasteiger partial charge in [0.15, 0.2) is 0 Å². The Labute approximate surface area is 236 Å². The number of methoxy groups -OCH3 is 1. The number of carbonyl (C=O) groups excluding carboxylic acids is 3. The zero-order valence-corrected chi connectivity index (χ0v) is 23.1. The predicted octanol–water partition coefficient (Wildman–Crippen LogP) is 5.44. The molecule has 1 aliphatic heterocycles. The number of ether oxygens (including phenoxy) is 1. The van der Waals surface area contributed by atoms with E-state index in [0.717, 1.165) is 4.47 Å². The lowest BCUT2D eigenvalue weighted by atomic mass is 10.1. The quantitative estimate of drug-likeness (QED) is 0.342. The predicted molar refractivity (Wildman–Crippen MR) is 150 cm³/mol. The number of amides is 3. The molecule has 0 aliphatic carbocycles. The summed E-state index contributed by atoms with van der Waals surface area (Å²) in [6, 6.07) is 16.8. The lowest BCUT2D eigenvalue weighted by Gasteiger charge is -2.24. The van der Waals surface area contributed by atoms with Crippen LogP contribution in [0.15, 0.2) is 71.2 Å². The van der Waals surface area contributed by atoms with E-state index < -0.39 is 23.8 Å². The van der Waals surface area contributed by atoms with Gasteiger partial charge in [-0.05, 0) is 78.9 Å². The molecule has 0 aromatic heterocycles. The van der Waals surface area contributed by atoms with Gasteiger partial charge in [-0.15, -0.1) is 0 Å². The Kier molecular flexibility index (Phi) is 8.33. The lowest BCUT2D eigenvalue weighted by molar-refractivity contribution is -0.124. The number of benzene rings is 3. The van der Waals surface area contributed by atoms with Gasteiger partial charge in [0.1, 0.15) is 11.8 Å². The molecule has 1 atom stereocenters. The summed E-state index contributed by atoms with van der Waals surface area (Å²) in [6.45, 7) is 0. The maximum Gasteiger partial charge on any atom is 0.269 e. The van der Waals surface area contributed by atoms with Crippen LogP contribution in [0.2, 0.25) is 10.0 Å². The molecule has 1 unspecified atom stereocenters. The molecule has 3 aromatic carbocycles. The molecule has 1 fully saturated rings. The van der Waals surface area contributed by atoms with Gasteiger partial charge < -0.3 is 10.1 Å². The van der Waals surface area contributed by atoms with Crippen molar-refractivity contribution in [1.29, 1.82) is 0 Å². The molecule has 3 aromatic rings. The zero-order valence-electron chi connectivity index (χ0n) is 19.2. The van der Waals surface area contributed by atoms with E-state index in [1.54, 1.807) is 48.5 Å². The van der Waals surface area contributed by atoms with Gasteiger partial charge in [0.05, 0.1) is 19.2 Å². The fraction of sp³-hybridized carbons (Fsp3) is 0.120. The molecule has 0 spiro atoms. The van der Waals surface area contributed by atoms with E-state index in [2.05, 4.69) is 26.7 Å². The van der Waals surface area contributed by atoms with Crippen LogP contribution in [0.1, 0.15) is 16.8 Å². The number of hydrogen-bond donors (Lipinski definition) is 2. The molecule has 1 heterocycles. The summed E-state index contributed by atoms with van der Waals surface area (Å²) < 4.78 is 5.99. The van der Waals surface area contributed by atoms with E-state index in [1.807, 2.05) is 0 Å². The molecule has 1 aliphatic rings. The highest BCUT2D eigenvalue weighted by atomic mass is 79.9. The SMILES string of the molecule is COc1ccc(N2C(=O)C(CC(=O)Nc3cc(Cl)cc(Cl)c3)N(NC(=O)c3ccc(Br)cc3)C2=S)cc1. The summed E-state index contributed by atoms with van der Waals surface area (Å²) in [4.78, 5) is 40.7. The second kappa shape index (κ2) is 11.5. The Hall–Kier alpha value is -3.18. The molecular weight excluding hydrogens is 603 g/mol. The summed E-state index contributed by atoms with van der Waals surface area (Å²) in [6.07, 6.45) is -0.309. The Morgan fingerprint density at radius 2 is 1.65 bits per heavy atom. The molecule has 0 saturated carbocycles. The van der Waals surface area contributed by atoms with Crippen molar-refractivity contribution >= 4 is 85.6 Å². The average molecular weight is 622 g/mol. The highest BCUT2D eigenvalue weighted by Gasteiger charge is 2.45. The van der Waals surface area contributed by atoms with Crippen LogP contribution < -0.4 is 20.4 Å². The monoisotopic (exact) mass is 620 g/mol. The van der Waals surface area contributed by atoms with Crippen LogP contribution in [0.3, 0.4) is 0 Å². The normalized spacial score (nSPS) is 15.1. The fourth-order valence-corrected chi connectivity index (χ4v) is 4.82. The molecule has 8 nitrogen and oxygen atoms in total. The molecule has 12 heteroatoms. The maximum atomic E-state index is 13.5. The number of rotatable bonds is 7. The minimum Gasteiger partial charge on any atom is -0.497 e. The molecule has 0 bridgehead atoms. The van der Waals surface area contributed by atoms with Crippen molar-refractivity contribution in [2.45, 2.75) is 12.5 Å². The number of nitrogens with one attached hydrogen (secondary N) is 2. The van der Waals surface area contributed by atoms with Crippen LogP contribution in [0.4, 0.5) is 11.4 Å². The van der Waals surface area contributed by atoms with Crippen molar-refractivity contribution in [2.24, 2.45) is 0 Å². The highest BCUT2D eigenvalue weighted by Crippen LogP contribution is 2.29. The first-order valence-corrected chi connectivity index (χ1v) is 12.8. The van der Waals surface area contributed by atoms with E-state index in [-0.39, 0.29) is 11.5 Å². The third kappa shape index (κ3) is 6.22. The smallest absolute Gasteiger partial charge is 0.269 e. The molecule has 37 heavy (non-hydrogen) atoms. The number of carbonyl (C=O) groups is 3. The highest BCUT2D eigenvalue weighted by molar-refractivity contribution is 9.10. The number of anilines is 2. The Morgan fingerprint density at radius 1 is 1.03 bits per heavy atom. The van der Waals surface area contributed by atoms with E-state index in [9.17, 15) is 14.4 Å². The van der Waals surface area contributed by atoms with Crippen LogP contribution >= 0.6 is 51.3 Å². The van der Waals surface area contributed by atoms with Crippen LogP contribution in [0.25, 0.3) is 0 Å². The van der Waals surface area contributed by atoms with Gasteiger partial charge in [-0.1, -0.05) is 39.1 Å². The Balaban J connectivity index is 1.60. The number of halogens is 3. The van der Waals surface area contributed by atoms with Crippen LogP contribution in [-0.4, -0.2) is 41.0 Å².